The molecular weight excluding hydrogens is 371 g/mol. The maximum absolute atomic E-state index is 12.4. The number of anilines is 1. The molecule has 2 saturated heterocycles. The summed E-state index contributed by atoms with van der Waals surface area (Å²) in [7, 11) is 0. The number of fused-ring (bicyclic) bond motifs is 1. The fourth-order valence-electron chi connectivity index (χ4n) is 2.89. The number of aromatic nitrogens is 1. The van der Waals surface area contributed by atoms with Crippen LogP contribution in [0.2, 0.25) is 0 Å². The van der Waals surface area contributed by atoms with Crippen molar-refractivity contribution in [1.82, 2.24) is 15.2 Å². The second-order valence-electron chi connectivity index (χ2n) is 5.55. The predicted octanol–water partition coefficient (Wildman–Crippen LogP) is 1.98. The van der Waals surface area contributed by atoms with Gasteiger partial charge in [0.1, 0.15) is 5.52 Å². The van der Waals surface area contributed by atoms with Crippen LogP contribution in [-0.2, 0) is 4.79 Å². The van der Waals surface area contributed by atoms with Crippen molar-refractivity contribution in [2.45, 2.75) is 6.04 Å². The average molecular weight is 391 g/mol. The molecule has 1 aromatic carbocycles. The lowest BCUT2D eigenvalue weighted by Gasteiger charge is -2.35. The fourth-order valence-corrected chi connectivity index (χ4v) is 3.82. The Bertz CT molecular complexity index is 652. The van der Waals surface area contributed by atoms with Crippen LogP contribution in [0.25, 0.3) is 11.1 Å². The van der Waals surface area contributed by atoms with E-state index in [1.807, 2.05) is 29.2 Å². The quantitative estimate of drug-likeness (QED) is 0.845. The van der Waals surface area contributed by atoms with E-state index in [4.69, 9.17) is 4.42 Å². The molecule has 6 nitrogen and oxygen atoms in total. The van der Waals surface area contributed by atoms with Crippen LogP contribution in [-0.4, -0.2) is 59.6 Å². The van der Waals surface area contributed by atoms with Crippen molar-refractivity contribution in [3.63, 3.8) is 0 Å². The molecule has 3 heterocycles. The Hall–Kier alpha value is -1.15. The topological polar surface area (TPSA) is 61.6 Å². The first-order valence-corrected chi connectivity index (χ1v) is 8.67. The van der Waals surface area contributed by atoms with Crippen LogP contribution in [0.4, 0.5) is 6.01 Å². The zero-order valence-electron chi connectivity index (χ0n) is 13.0. The maximum Gasteiger partial charge on any atom is 0.298 e. The lowest BCUT2D eigenvalue weighted by molar-refractivity contribution is -0.132. The normalized spacial score (nSPS) is 20.6. The first kappa shape index (κ1) is 19.2. The molecule has 24 heavy (non-hydrogen) atoms. The minimum Gasteiger partial charge on any atom is -0.423 e. The Morgan fingerprint density at radius 1 is 1.21 bits per heavy atom. The second-order valence-corrected chi connectivity index (χ2v) is 6.58. The Balaban J connectivity index is 0.00000104. The molecule has 0 aliphatic carbocycles. The van der Waals surface area contributed by atoms with E-state index in [1.54, 1.807) is 11.8 Å². The molecule has 0 bridgehead atoms. The zero-order valence-corrected chi connectivity index (χ0v) is 15.5. The van der Waals surface area contributed by atoms with Crippen molar-refractivity contribution >= 4 is 59.6 Å². The Kier molecular flexibility index (Phi) is 6.62. The summed E-state index contributed by atoms with van der Waals surface area (Å²) in [6.07, 6.45) is 0. The third-order valence-corrected chi connectivity index (χ3v) is 5.10. The summed E-state index contributed by atoms with van der Waals surface area (Å²) in [5, 5.41) is 3.24. The molecule has 9 heteroatoms. The number of nitrogens with zero attached hydrogens (tertiary/aromatic N) is 3. The van der Waals surface area contributed by atoms with Gasteiger partial charge in [-0.3, -0.25) is 10.1 Å². The van der Waals surface area contributed by atoms with Crippen LogP contribution in [0.5, 0.6) is 0 Å². The summed E-state index contributed by atoms with van der Waals surface area (Å²) in [5.41, 5.74) is 1.69. The molecule has 0 spiro atoms. The summed E-state index contributed by atoms with van der Waals surface area (Å²) in [5.74, 6) is 1.98. The van der Waals surface area contributed by atoms with E-state index < -0.39 is 0 Å². The van der Waals surface area contributed by atoms with Crippen molar-refractivity contribution in [3.8, 4) is 0 Å². The maximum atomic E-state index is 12.4. The number of hydrogen-bond donors (Lipinski definition) is 1. The minimum absolute atomic E-state index is 0. The van der Waals surface area contributed by atoms with Crippen molar-refractivity contribution < 1.29 is 9.21 Å². The fraction of sp³-hybridized carbons (Fsp3) is 0.467. The number of nitrogens with one attached hydrogen (secondary N) is 1. The standard InChI is InChI=1S/C15H18N4O2S.2ClH/c20-14(12-9-22-10-16-12)18-5-7-19(8-6-18)15-17-11-3-1-2-4-13(11)21-15;;/h1-4,12,16H,5-10H2;2*1H. The van der Waals surface area contributed by atoms with Crippen molar-refractivity contribution in [1.29, 1.82) is 0 Å². The summed E-state index contributed by atoms with van der Waals surface area (Å²) < 4.78 is 5.80. The van der Waals surface area contributed by atoms with Gasteiger partial charge in [0.25, 0.3) is 6.01 Å². The highest BCUT2D eigenvalue weighted by Crippen LogP contribution is 2.23. The second kappa shape index (κ2) is 8.29. The van der Waals surface area contributed by atoms with Gasteiger partial charge in [-0.2, -0.15) is 4.98 Å². The molecule has 2 fully saturated rings. The highest BCUT2D eigenvalue weighted by Gasteiger charge is 2.30. The molecule has 0 radical (unpaired) electrons. The molecular formula is C15H20Cl2N4O2S. The zero-order chi connectivity index (χ0) is 14.9. The Morgan fingerprint density at radius 3 is 2.62 bits per heavy atom. The molecule has 0 saturated carbocycles. The molecule has 2 aliphatic rings. The highest BCUT2D eigenvalue weighted by atomic mass is 35.5. The van der Waals surface area contributed by atoms with E-state index in [-0.39, 0.29) is 36.8 Å². The lowest BCUT2D eigenvalue weighted by atomic mass is 10.2. The van der Waals surface area contributed by atoms with Gasteiger partial charge in [0.2, 0.25) is 5.91 Å². The number of hydrogen-bond acceptors (Lipinski definition) is 6. The van der Waals surface area contributed by atoms with Gasteiger partial charge in [0.05, 0.1) is 6.04 Å². The van der Waals surface area contributed by atoms with Gasteiger partial charge in [0.15, 0.2) is 5.58 Å². The molecule has 1 aromatic heterocycles. The predicted molar refractivity (Wildman–Crippen MR) is 102 cm³/mol. The number of piperazine rings is 1. The van der Waals surface area contributed by atoms with Gasteiger partial charge in [-0.1, -0.05) is 12.1 Å². The monoisotopic (exact) mass is 390 g/mol. The number of oxazole rings is 1. The highest BCUT2D eigenvalue weighted by molar-refractivity contribution is 7.99. The molecule has 132 valence electrons. The van der Waals surface area contributed by atoms with Gasteiger partial charge >= 0.3 is 0 Å². The van der Waals surface area contributed by atoms with Gasteiger partial charge < -0.3 is 14.2 Å². The van der Waals surface area contributed by atoms with E-state index >= 15 is 0 Å². The molecule has 4 rings (SSSR count). The lowest BCUT2D eigenvalue weighted by Crippen LogP contribution is -2.53. The molecule has 1 unspecified atom stereocenters. The SMILES string of the molecule is Cl.Cl.O=C(C1CSCN1)N1CCN(c2nc3ccccc3o2)CC1. The summed E-state index contributed by atoms with van der Waals surface area (Å²) in [4.78, 5) is 21.0. The van der Waals surface area contributed by atoms with Crippen LogP contribution < -0.4 is 10.2 Å². The Morgan fingerprint density at radius 2 is 1.96 bits per heavy atom. The number of para-hydroxylation sites is 2. The first-order chi connectivity index (χ1) is 10.8. The van der Waals surface area contributed by atoms with E-state index in [1.165, 1.54) is 0 Å². The Labute approximate surface area is 157 Å². The molecule has 2 aliphatic heterocycles. The number of halogens is 2. The molecule has 1 atom stereocenters. The van der Waals surface area contributed by atoms with Gasteiger partial charge in [-0.15, -0.1) is 36.6 Å². The third kappa shape index (κ3) is 3.74. The molecule has 1 amide bonds. The summed E-state index contributed by atoms with van der Waals surface area (Å²) >= 11 is 1.78. The van der Waals surface area contributed by atoms with Gasteiger partial charge in [-0.05, 0) is 12.1 Å². The smallest absolute Gasteiger partial charge is 0.298 e. The van der Waals surface area contributed by atoms with Gasteiger partial charge in [0, 0.05) is 37.8 Å². The first-order valence-electron chi connectivity index (χ1n) is 7.52. The summed E-state index contributed by atoms with van der Waals surface area (Å²) in [6, 6.07) is 8.42. The number of carbonyl (C=O) groups excluding carboxylic acids is 1. The number of carbonyl (C=O) groups is 1. The third-order valence-electron chi connectivity index (χ3n) is 4.16. The largest absolute Gasteiger partial charge is 0.423 e. The average Bonchev–Trinajstić information content (AvgIpc) is 3.23. The van der Waals surface area contributed by atoms with Crippen LogP contribution in [0.1, 0.15) is 0 Å². The number of rotatable bonds is 2. The van der Waals surface area contributed by atoms with Crippen molar-refractivity contribution in [3.05, 3.63) is 24.3 Å². The van der Waals surface area contributed by atoms with E-state index in [9.17, 15) is 4.79 Å². The molecule has 2 aromatic rings. The van der Waals surface area contributed by atoms with E-state index in [0.29, 0.717) is 6.01 Å². The van der Waals surface area contributed by atoms with Crippen LogP contribution in [0.15, 0.2) is 28.7 Å². The van der Waals surface area contributed by atoms with Crippen LogP contribution in [0, 0.1) is 0 Å². The van der Waals surface area contributed by atoms with Gasteiger partial charge in [-0.25, -0.2) is 0 Å². The minimum atomic E-state index is -0.0131. The van der Waals surface area contributed by atoms with Crippen LogP contribution in [0.3, 0.4) is 0 Å². The van der Waals surface area contributed by atoms with E-state index in [0.717, 1.165) is 48.9 Å². The number of amides is 1. The molecule has 1 N–H and O–H groups in total. The summed E-state index contributed by atoms with van der Waals surface area (Å²) in [6.45, 7) is 2.97. The number of thioether (sulfide) groups is 1. The van der Waals surface area contributed by atoms with Crippen LogP contribution >= 0.6 is 36.6 Å². The van der Waals surface area contributed by atoms with Crippen molar-refractivity contribution in [2.24, 2.45) is 0 Å². The van der Waals surface area contributed by atoms with Crippen molar-refractivity contribution in [2.75, 3.05) is 42.7 Å². The van der Waals surface area contributed by atoms with E-state index in [2.05, 4.69) is 15.2 Å². The number of benzene rings is 1.